The van der Waals surface area contributed by atoms with E-state index in [1.165, 1.54) is 29.7 Å². The van der Waals surface area contributed by atoms with Crippen LogP contribution in [0.5, 0.6) is 0 Å². The molecule has 140 valence electrons. The molecule has 0 aliphatic carbocycles. The Balaban J connectivity index is 1.36. The van der Waals surface area contributed by atoms with Gasteiger partial charge in [0.2, 0.25) is 0 Å². The van der Waals surface area contributed by atoms with Gasteiger partial charge < -0.3 is 9.73 Å². The summed E-state index contributed by atoms with van der Waals surface area (Å²) < 4.78 is 5.61. The van der Waals surface area contributed by atoms with Gasteiger partial charge in [0.25, 0.3) is 5.91 Å². The Kier molecular flexibility index (Phi) is 5.70. The van der Waals surface area contributed by atoms with Crippen molar-refractivity contribution >= 4 is 17.2 Å². The van der Waals surface area contributed by atoms with Gasteiger partial charge in [0.1, 0.15) is 5.76 Å². The predicted molar refractivity (Wildman–Crippen MR) is 109 cm³/mol. The summed E-state index contributed by atoms with van der Waals surface area (Å²) in [5.74, 6) is 1.46. The summed E-state index contributed by atoms with van der Waals surface area (Å²) in [5.41, 5.74) is 2.45. The minimum atomic E-state index is 0.0466. The van der Waals surface area contributed by atoms with E-state index in [-0.39, 0.29) is 5.91 Å². The van der Waals surface area contributed by atoms with Crippen LogP contribution in [0.2, 0.25) is 0 Å². The van der Waals surface area contributed by atoms with Crippen molar-refractivity contribution in [1.82, 2.24) is 10.2 Å². The zero-order chi connectivity index (χ0) is 18.5. The number of piperidine rings is 1. The second-order valence-electron chi connectivity index (χ2n) is 7.07. The summed E-state index contributed by atoms with van der Waals surface area (Å²) in [6.07, 6.45) is 4.06. The van der Waals surface area contributed by atoms with Gasteiger partial charge >= 0.3 is 0 Å². The standard InChI is InChI=1S/C22H24N2O2S/c25-22(21-10-5-13-27-21)23-14-17-6-3-11-24(15-17)16-18-7-1-2-8-19(18)20-9-4-12-26-20/h1-2,4-5,7-10,12-13,17H,3,6,11,14-16H2,(H,23,25)/t17-/m1/s1. The van der Waals surface area contributed by atoms with E-state index in [1.807, 2.05) is 29.6 Å². The van der Waals surface area contributed by atoms with E-state index in [0.717, 1.165) is 42.4 Å². The Morgan fingerprint density at radius 2 is 2.11 bits per heavy atom. The fraction of sp³-hybridized carbons (Fsp3) is 0.318. The maximum absolute atomic E-state index is 12.2. The molecule has 1 fully saturated rings. The monoisotopic (exact) mass is 380 g/mol. The zero-order valence-corrected chi connectivity index (χ0v) is 16.1. The number of furan rings is 1. The van der Waals surface area contributed by atoms with Crippen LogP contribution in [0.3, 0.4) is 0 Å². The molecule has 0 spiro atoms. The Morgan fingerprint density at radius 3 is 2.93 bits per heavy atom. The van der Waals surface area contributed by atoms with Crippen molar-refractivity contribution in [2.45, 2.75) is 19.4 Å². The first-order valence-electron chi connectivity index (χ1n) is 9.45. The van der Waals surface area contributed by atoms with Crippen molar-refractivity contribution in [3.63, 3.8) is 0 Å². The van der Waals surface area contributed by atoms with Gasteiger partial charge in [-0.05, 0) is 54.4 Å². The van der Waals surface area contributed by atoms with E-state index >= 15 is 0 Å². The second-order valence-corrected chi connectivity index (χ2v) is 8.01. The molecule has 0 saturated carbocycles. The molecule has 0 bridgehead atoms. The van der Waals surface area contributed by atoms with E-state index in [4.69, 9.17) is 4.42 Å². The van der Waals surface area contributed by atoms with Crippen LogP contribution in [-0.2, 0) is 6.54 Å². The average molecular weight is 381 g/mol. The van der Waals surface area contributed by atoms with Gasteiger partial charge in [0, 0.05) is 25.2 Å². The molecule has 1 saturated heterocycles. The van der Waals surface area contributed by atoms with E-state index < -0.39 is 0 Å². The minimum absolute atomic E-state index is 0.0466. The molecule has 1 aliphatic rings. The summed E-state index contributed by atoms with van der Waals surface area (Å²) in [7, 11) is 0. The van der Waals surface area contributed by atoms with E-state index in [1.54, 1.807) is 6.26 Å². The molecule has 3 heterocycles. The third-order valence-electron chi connectivity index (χ3n) is 5.10. The summed E-state index contributed by atoms with van der Waals surface area (Å²) >= 11 is 1.49. The van der Waals surface area contributed by atoms with Gasteiger partial charge in [-0.15, -0.1) is 11.3 Å². The van der Waals surface area contributed by atoms with E-state index in [9.17, 15) is 4.79 Å². The van der Waals surface area contributed by atoms with E-state index in [2.05, 4.69) is 34.5 Å². The molecule has 27 heavy (non-hydrogen) atoms. The fourth-order valence-corrected chi connectivity index (χ4v) is 4.40. The van der Waals surface area contributed by atoms with Gasteiger partial charge in [-0.25, -0.2) is 0 Å². The van der Waals surface area contributed by atoms with Crippen LogP contribution in [0.1, 0.15) is 28.1 Å². The number of likely N-dealkylation sites (tertiary alicyclic amines) is 1. The summed E-state index contributed by atoms with van der Waals surface area (Å²) in [4.78, 5) is 15.5. The van der Waals surface area contributed by atoms with Crippen molar-refractivity contribution in [2.24, 2.45) is 5.92 Å². The first kappa shape index (κ1) is 18.0. The number of thiophene rings is 1. The molecule has 4 rings (SSSR count). The molecule has 4 nitrogen and oxygen atoms in total. The van der Waals surface area contributed by atoms with Gasteiger partial charge in [0.15, 0.2) is 0 Å². The smallest absolute Gasteiger partial charge is 0.261 e. The Labute approximate surface area is 163 Å². The number of nitrogens with zero attached hydrogens (tertiary/aromatic N) is 1. The first-order valence-corrected chi connectivity index (χ1v) is 10.3. The molecular formula is C22H24N2O2S. The number of hydrogen-bond donors (Lipinski definition) is 1. The third kappa shape index (κ3) is 4.49. The number of benzene rings is 1. The lowest BCUT2D eigenvalue weighted by atomic mass is 9.96. The third-order valence-corrected chi connectivity index (χ3v) is 5.97. The molecule has 3 aromatic rings. The summed E-state index contributed by atoms with van der Waals surface area (Å²) in [6, 6.07) is 16.2. The van der Waals surface area contributed by atoms with E-state index in [0.29, 0.717) is 5.92 Å². The maximum Gasteiger partial charge on any atom is 0.261 e. The number of nitrogens with one attached hydrogen (secondary N) is 1. The van der Waals surface area contributed by atoms with Crippen molar-refractivity contribution < 1.29 is 9.21 Å². The predicted octanol–water partition coefficient (Wildman–Crippen LogP) is 4.65. The molecular weight excluding hydrogens is 356 g/mol. The molecule has 1 amide bonds. The Bertz CT molecular complexity index is 858. The number of hydrogen-bond acceptors (Lipinski definition) is 4. The topological polar surface area (TPSA) is 45.5 Å². The largest absolute Gasteiger partial charge is 0.464 e. The number of carbonyl (C=O) groups excluding carboxylic acids is 1. The first-order chi connectivity index (χ1) is 13.3. The highest BCUT2D eigenvalue weighted by Gasteiger charge is 2.22. The minimum Gasteiger partial charge on any atom is -0.464 e. The van der Waals surface area contributed by atoms with Crippen LogP contribution in [0.4, 0.5) is 0 Å². The maximum atomic E-state index is 12.2. The van der Waals surface area contributed by atoms with Crippen LogP contribution in [0.25, 0.3) is 11.3 Å². The molecule has 1 N–H and O–H groups in total. The highest BCUT2D eigenvalue weighted by Crippen LogP contribution is 2.26. The zero-order valence-electron chi connectivity index (χ0n) is 15.3. The Morgan fingerprint density at radius 1 is 1.19 bits per heavy atom. The number of rotatable bonds is 6. The Hall–Kier alpha value is -2.37. The van der Waals surface area contributed by atoms with Crippen LogP contribution < -0.4 is 5.32 Å². The fourth-order valence-electron chi connectivity index (χ4n) is 3.76. The number of amides is 1. The average Bonchev–Trinajstić information content (AvgIpc) is 3.41. The molecule has 1 aliphatic heterocycles. The van der Waals surface area contributed by atoms with Gasteiger partial charge in [-0.1, -0.05) is 30.3 Å². The molecule has 2 aromatic heterocycles. The molecule has 1 atom stereocenters. The summed E-state index contributed by atoms with van der Waals surface area (Å²) in [5, 5.41) is 5.04. The lowest BCUT2D eigenvalue weighted by Gasteiger charge is -2.33. The van der Waals surface area contributed by atoms with Crippen molar-refractivity contribution in [2.75, 3.05) is 19.6 Å². The lowest BCUT2D eigenvalue weighted by molar-refractivity contribution is 0.0934. The van der Waals surface area contributed by atoms with Crippen LogP contribution >= 0.6 is 11.3 Å². The van der Waals surface area contributed by atoms with Gasteiger partial charge in [-0.3, -0.25) is 9.69 Å². The molecule has 0 radical (unpaired) electrons. The van der Waals surface area contributed by atoms with Crippen LogP contribution in [0, 0.1) is 5.92 Å². The SMILES string of the molecule is O=C(NC[C@H]1CCCN(Cc2ccccc2-c2ccco2)C1)c1cccs1. The molecule has 1 aromatic carbocycles. The highest BCUT2D eigenvalue weighted by atomic mass is 32.1. The van der Waals surface area contributed by atoms with Gasteiger partial charge in [-0.2, -0.15) is 0 Å². The number of carbonyl (C=O) groups is 1. The highest BCUT2D eigenvalue weighted by molar-refractivity contribution is 7.12. The van der Waals surface area contributed by atoms with Crippen LogP contribution in [0.15, 0.2) is 64.6 Å². The normalized spacial score (nSPS) is 17.7. The van der Waals surface area contributed by atoms with Crippen molar-refractivity contribution in [3.8, 4) is 11.3 Å². The van der Waals surface area contributed by atoms with Crippen LogP contribution in [-0.4, -0.2) is 30.4 Å². The summed E-state index contributed by atoms with van der Waals surface area (Å²) in [6.45, 7) is 3.76. The molecule has 0 unspecified atom stereocenters. The lowest BCUT2D eigenvalue weighted by Crippen LogP contribution is -2.40. The van der Waals surface area contributed by atoms with Gasteiger partial charge in [0.05, 0.1) is 11.1 Å². The molecule has 5 heteroatoms. The van der Waals surface area contributed by atoms with Crippen molar-refractivity contribution in [1.29, 1.82) is 0 Å². The second kappa shape index (κ2) is 8.55. The quantitative estimate of drug-likeness (QED) is 0.677. The van der Waals surface area contributed by atoms with Crippen molar-refractivity contribution in [3.05, 3.63) is 70.6 Å².